The van der Waals surface area contributed by atoms with E-state index in [9.17, 15) is 4.79 Å². The minimum absolute atomic E-state index is 0.146. The van der Waals surface area contributed by atoms with E-state index in [2.05, 4.69) is 6.92 Å². The minimum atomic E-state index is 0.146. The van der Waals surface area contributed by atoms with Crippen molar-refractivity contribution in [3.8, 4) is 0 Å². The van der Waals surface area contributed by atoms with Gasteiger partial charge in [-0.05, 0) is 30.0 Å². The van der Waals surface area contributed by atoms with Gasteiger partial charge in [-0.15, -0.1) is 11.6 Å². The summed E-state index contributed by atoms with van der Waals surface area (Å²) in [6, 6.07) is 7.64. The maximum atomic E-state index is 12.3. The number of hydrogen-bond donors (Lipinski definition) is 0. The van der Waals surface area contributed by atoms with Gasteiger partial charge in [-0.1, -0.05) is 30.7 Å². The molecule has 98 valence electrons. The number of carbonyl (C=O) groups excluding carboxylic acids is 1. The summed E-state index contributed by atoms with van der Waals surface area (Å²) in [7, 11) is 0. The van der Waals surface area contributed by atoms with E-state index >= 15 is 0 Å². The molecular weight excluding hydrogens is 269 g/mol. The van der Waals surface area contributed by atoms with E-state index in [0.717, 1.165) is 18.5 Å². The Morgan fingerprint density at radius 1 is 1.50 bits per heavy atom. The smallest absolute Gasteiger partial charge is 0.227 e. The first-order valence-electron chi connectivity index (χ1n) is 6.21. The van der Waals surface area contributed by atoms with Gasteiger partial charge in [0.15, 0.2) is 0 Å². The van der Waals surface area contributed by atoms with Crippen LogP contribution >= 0.6 is 23.2 Å². The summed E-state index contributed by atoms with van der Waals surface area (Å²) < 4.78 is 0. The average molecular weight is 286 g/mol. The molecule has 1 fully saturated rings. The van der Waals surface area contributed by atoms with Crippen LogP contribution in [0.1, 0.15) is 18.9 Å². The molecule has 1 aliphatic rings. The normalized spacial score (nSPS) is 23.4. The largest absolute Gasteiger partial charge is 0.338 e. The van der Waals surface area contributed by atoms with Crippen LogP contribution in [0.3, 0.4) is 0 Å². The molecule has 0 spiro atoms. The second-order valence-corrected chi connectivity index (χ2v) is 5.63. The van der Waals surface area contributed by atoms with Crippen LogP contribution in [-0.2, 0) is 11.2 Å². The second-order valence-electron chi connectivity index (χ2n) is 4.88. The first-order valence-corrected chi connectivity index (χ1v) is 7.13. The zero-order valence-corrected chi connectivity index (χ0v) is 11.9. The zero-order chi connectivity index (χ0) is 13.1. The van der Waals surface area contributed by atoms with Gasteiger partial charge in [-0.25, -0.2) is 0 Å². The Balaban J connectivity index is 2.04. The molecule has 2 nitrogen and oxygen atoms in total. The Hall–Kier alpha value is -0.730. The van der Waals surface area contributed by atoms with Gasteiger partial charge in [-0.3, -0.25) is 4.79 Å². The molecule has 0 N–H and O–H groups in total. The Morgan fingerprint density at radius 3 is 2.94 bits per heavy atom. The molecule has 0 saturated carbocycles. The first-order chi connectivity index (χ1) is 8.61. The van der Waals surface area contributed by atoms with Crippen LogP contribution in [-0.4, -0.2) is 29.3 Å². The summed E-state index contributed by atoms with van der Waals surface area (Å²) in [5.74, 6) is 1.15. The first kappa shape index (κ1) is 13.7. The summed E-state index contributed by atoms with van der Waals surface area (Å²) >= 11 is 11.9. The highest BCUT2D eigenvalue weighted by molar-refractivity contribution is 6.30. The van der Waals surface area contributed by atoms with Gasteiger partial charge in [0.05, 0.1) is 6.42 Å². The van der Waals surface area contributed by atoms with Crippen molar-refractivity contribution in [2.45, 2.75) is 25.8 Å². The SMILES string of the molecule is CC1CCN(C(=O)Cc2cccc(Cl)c2)C1CCl. The van der Waals surface area contributed by atoms with Crippen LogP contribution in [0.15, 0.2) is 24.3 Å². The van der Waals surface area contributed by atoms with Crippen molar-refractivity contribution in [2.75, 3.05) is 12.4 Å². The summed E-state index contributed by atoms with van der Waals surface area (Å²) in [6.07, 6.45) is 1.44. The number of halogens is 2. The van der Waals surface area contributed by atoms with Crippen LogP contribution in [0, 0.1) is 5.92 Å². The summed E-state index contributed by atoms with van der Waals surface area (Å²) in [4.78, 5) is 14.2. The number of rotatable bonds is 3. The van der Waals surface area contributed by atoms with Crippen LogP contribution in [0.5, 0.6) is 0 Å². The van der Waals surface area contributed by atoms with Gasteiger partial charge < -0.3 is 4.90 Å². The lowest BCUT2D eigenvalue weighted by molar-refractivity contribution is -0.131. The van der Waals surface area contributed by atoms with E-state index in [4.69, 9.17) is 23.2 Å². The Morgan fingerprint density at radius 2 is 2.28 bits per heavy atom. The van der Waals surface area contributed by atoms with Gasteiger partial charge in [0.25, 0.3) is 0 Å². The maximum absolute atomic E-state index is 12.3. The molecule has 0 bridgehead atoms. The fourth-order valence-electron chi connectivity index (χ4n) is 2.48. The predicted molar refractivity (Wildman–Crippen MR) is 75.2 cm³/mol. The lowest BCUT2D eigenvalue weighted by Crippen LogP contribution is -2.39. The molecule has 0 radical (unpaired) electrons. The fraction of sp³-hybridized carbons (Fsp3) is 0.500. The Bertz CT molecular complexity index is 436. The zero-order valence-electron chi connectivity index (χ0n) is 10.4. The van der Waals surface area contributed by atoms with Crippen molar-refractivity contribution in [1.82, 2.24) is 4.90 Å². The van der Waals surface area contributed by atoms with Gasteiger partial charge in [0.2, 0.25) is 5.91 Å². The number of nitrogens with zero attached hydrogens (tertiary/aromatic N) is 1. The third-order valence-electron chi connectivity index (χ3n) is 3.61. The number of likely N-dealkylation sites (tertiary alicyclic amines) is 1. The van der Waals surface area contributed by atoms with Crippen LogP contribution in [0.4, 0.5) is 0 Å². The van der Waals surface area contributed by atoms with Gasteiger partial charge in [0.1, 0.15) is 0 Å². The quantitative estimate of drug-likeness (QED) is 0.780. The third kappa shape index (κ3) is 2.99. The molecule has 1 aromatic carbocycles. The molecule has 0 aromatic heterocycles. The minimum Gasteiger partial charge on any atom is -0.338 e. The molecular formula is C14H17Cl2NO. The fourth-order valence-corrected chi connectivity index (χ4v) is 3.16. The number of amides is 1. The van der Waals surface area contributed by atoms with Crippen LogP contribution < -0.4 is 0 Å². The monoisotopic (exact) mass is 285 g/mol. The van der Waals surface area contributed by atoms with Crippen molar-refractivity contribution in [2.24, 2.45) is 5.92 Å². The van der Waals surface area contributed by atoms with E-state index in [0.29, 0.717) is 23.2 Å². The van der Waals surface area contributed by atoms with Crippen molar-refractivity contribution in [3.63, 3.8) is 0 Å². The summed E-state index contributed by atoms with van der Waals surface area (Å²) in [5.41, 5.74) is 0.959. The number of benzene rings is 1. The van der Waals surface area contributed by atoms with E-state index in [1.807, 2.05) is 29.2 Å². The third-order valence-corrected chi connectivity index (χ3v) is 4.16. The van der Waals surface area contributed by atoms with Crippen molar-refractivity contribution in [1.29, 1.82) is 0 Å². The highest BCUT2D eigenvalue weighted by Gasteiger charge is 2.33. The molecule has 2 unspecified atom stereocenters. The molecule has 18 heavy (non-hydrogen) atoms. The maximum Gasteiger partial charge on any atom is 0.227 e. The Labute approximate surface area is 118 Å². The van der Waals surface area contributed by atoms with Crippen LogP contribution in [0.25, 0.3) is 0 Å². The van der Waals surface area contributed by atoms with Gasteiger partial charge in [-0.2, -0.15) is 0 Å². The highest BCUT2D eigenvalue weighted by Crippen LogP contribution is 2.25. The van der Waals surface area contributed by atoms with Gasteiger partial charge >= 0.3 is 0 Å². The van der Waals surface area contributed by atoms with Gasteiger partial charge in [0, 0.05) is 23.5 Å². The van der Waals surface area contributed by atoms with E-state index in [1.54, 1.807) is 0 Å². The lowest BCUT2D eigenvalue weighted by atomic mass is 10.0. The van der Waals surface area contributed by atoms with E-state index < -0.39 is 0 Å². The molecule has 1 heterocycles. The van der Waals surface area contributed by atoms with E-state index in [-0.39, 0.29) is 11.9 Å². The topological polar surface area (TPSA) is 20.3 Å². The molecule has 0 aliphatic carbocycles. The molecule has 1 amide bonds. The summed E-state index contributed by atoms with van der Waals surface area (Å²) in [5, 5.41) is 0.670. The molecule has 2 atom stereocenters. The average Bonchev–Trinajstić information content (AvgIpc) is 2.70. The van der Waals surface area contributed by atoms with Crippen molar-refractivity contribution in [3.05, 3.63) is 34.9 Å². The van der Waals surface area contributed by atoms with Crippen molar-refractivity contribution >= 4 is 29.1 Å². The standard InChI is InChI=1S/C14H17Cl2NO/c1-10-5-6-17(13(10)9-15)14(18)8-11-3-2-4-12(16)7-11/h2-4,7,10,13H,5-6,8-9H2,1H3. The van der Waals surface area contributed by atoms with Crippen LogP contribution in [0.2, 0.25) is 5.02 Å². The number of hydrogen-bond acceptors (Lipinski definition) is 1. The molecule has 1 aromatic rings. The molecule has 2 rings (SSSR count). The predicted octanol–water partition coefficient (Wildman–Crippen LogP) is 3.36. The Kier molecular flexibility index (Phi) is 4.52. The number of alkyl halides is 1. The molecule has 1 saturated heterocycles. The van der Waals surface area contributed by atoms with E-state index in [1.165, 1.54) is 0 Å². The lowest BCUT2D eigenvalue weighted by Gasteiger charge is -2.25. The second kappa shape index (κ2) is 5.94. The number of carbonyl (C=O) groups is 1. The molecule has 1 aliphatic heterocycles. The highest BCUT2D eigenvalue weighted by atomic mass is 35.5. The molecule has 4 heteroatoms. The van der Waals surface area contributed by atoms with Crippen molar-refractivity contribution < 1.29 is 4.79 Å². The summed E-state index contributed by atoms with van der Waals surface area (Å²) in [6.45, 7) is 2.97.